The zero-order chi connectivity index (χ0) is 16.7. The van der Waals surface area contributed by atoms with Gasteiger partial charge in [-0.05, 0) is 12.1 Å². The molecule has 4 atom stereocenters. The summed E-state index contributed by atoms with van der Waals surface area (Å²) in [6.07, 6.45) is -3.77. The first-order valence-electron chi connectivity index (χ1n) is 6.66. The predicted molar refractivity (Wildman–Crippen MR) is 82.7 cm³/mol. The number of H-pyrrole nitrogens is 1. The highest BCUT2D eigenvalue weighted by Gasteiger charge is 2.43. The Morgan fingerprint density at radius 3 is 2.61 bits per heavy atom. The Hall–Kier alpha value is -1.49. The van der Waals surface area contributed by atoms with Crippen molar-refractivity contribution >= 4 is 22.9 Å². The highest BCUT2D eigenvalue weighted by molar-refractivity contribution is 7.19. The van der Waals surface area contributed by atoms with Crippen molar-refractivity contribution in [3.63, 3.8) is 0 Å². The Kier molecular flexibility index (Phi) is 4.41. The lowest BCUT2D eigenvalue weighted by Gasteiger charge is -2.17. The molecule has 124 valence electrons. The van der Waals surface area contributed by atoms with E-state index in [1.54, 1.807) is 12.1 Å². The largest absolute Gasteiger partial charge is 0.394 e. The van der Waals surface area contributed by atoms with E-state index in [0.29, 0.717) is 9.21 Å². The maximum absolute atomic E-state index is 12.0. The maximum Gasteiger partial charge on any atom is 0.330 e. The molecule has 0 amide bonds. The summed E-state index contributed by atoms with van der Waals surface area (Å²) in [6.45, 7) is -0.514. The third kappa shape index (κ3) is 2.87. The van der Waals surface area contributed by atoms with Crippen LogP contribution in [0.3, 0.4) is 0 Å². The first kappa shape index (κ1) is 16.4. The number of aliphatic hydroxyl groups excluding tert-OH is 3. The third-order valence-corrected chi connectivity index (χ3v) is 4.86. The van der Waals surface area contributed by atoms with Crippen molar-refractivity contribution in [1.29, 1.82) is 0 Å². The summed E-state index contributed by atoms with van der Waals surface area (Å²) in [6, 6.07) is 3.24. The molecule has 2 aromatic rings. The lowest BCUT2D eigenvalue weighted by atomic mass is 10.1. The van der Waals surface area contributed by atoms with Crippen molar-refractivity contribution in [2.75, 3.05) is 6.61 Å². The molecule has 0 bridgehead atoms. The van der Waals surface area contributed by atoms with Gasteiger partial charge in [0.05, 0.1) is 16.5 Å². The van der Waals surface area contributed by atoms with Crippen LogP contribution in [0.2, 0.25) is 4.34 Å². The number of hydrogen-bond donors (Lipinski definition) is 4. The molecule has 23 heavy (non-hydrogen) atoms. The van der Waals surface area contributed by atoms with E-state index < -0.39 is 42.4 Å². The molecule has 0 saturated carbocycles. The zero-order valence-electron chi connectivity index (χ0n) is 11.5. The number of aromatic amines is 1. The second-order valence-electron chi connectivity index (χ2n) is 5.04. The van der Waals surface area contributed by atoms with E-state index in [4.69, 9.17) is 21.4 Å². The third-order valence-electron chi connectivity index (χ3n) is 3.60. The number of aromatic nitrogens is 2. The molecule has 3 heterocycles. The Bertz CT molecular complexity index is 830. The van der Waals surface area contributed by atoms with Gasteiger partial charge in [0, 0.05) is 11.1 Å². The Morgan fingerprint density at radius 2 is 2.04 bits per heavy atom. The molecule has 1 aliphatic heterocycles. The molecule has 4 N–H and O–H groups in total. The summed E-state index contributed by atoms with van der Waals surface area (Å²) >= 11 is 7.01. The van der Waals surface area contributed by atoms with Gasteiger partial charge in [-0.25, -0.2) is 4.79 Å². The summed E-state index contributed by atoms with van der Waals surface area (Å²) < 4.78 is 6.76. The van der Waals surface area contributed by atoms with Gasteiger partial charge in [0.25, 0.3) is 5.56 Å². The van der Waals surface area contributed by atoms with E-state index in [2.05, 4.69) is 4.98 Å². The number of ether oxygens (including phenoxy) is 1. The molecular formula is C13H13ClN2O6S. The van der Waals surface area contributed by atoms with Gasteiger partial charge < -0.3 is 20.1 Å². The fourth-order valence-electron chi connectivity index (χ4n) is 2.42. The summed E-state index contributed by atoms with van der Waals surface area (Å²) in [5.41, 5.74) is -1.22. The zero-order valence-corrected chi connectivity index (χ0v) is 13.1. The first-order valence-corrected chi connectivity index (χ1v) is 7.85. The van der Waals surface area contributed by atoms with Crippen LogP contribution >= 0.6 is 22.9 Å². The first-order chi connectivity index (χ1) is 10.9. The van der Waals surface area contributed by atoms with Crippen LogP contribution in [0.1, 0.15) is 6.23 Å². The van der Waals surface area contributed by atoms with Gasteiger partial charge in [-0.3, -0.25) is 14.3 Å². The minimum atomic E-state index is -1.42. The number of nitrogens with one attached hydrogen (secondary N) is 1. The highest BCUT2D eigenvalue weighted by Crippen LogP contribution is 2.31. The second kappa shape index (κ2) is 6.19. The van der Waals surface area contributed by atoms with Gasteiger partial charge in [-0.2, -0.15) is 0 Å². The van der Waals surface area contributed by atoms with Crippen LogP contribution in [-0.4, -0.2) is 49.8 Å². The van der Waals surface area contributed by atoms with Crippen LogP contribution in [0, 0.1) is 0 Å². The second-order valence-corrected chi connectivity index (χ2v) is 6.76. The quantitative estimate of drug-likeness (QED) is 0.586. The van der Waals surface area contributed by atoms with Gasteiger partial charge in [-0.15, -0.1) is 11.3 Å². The van der Waals surface area contributed by atoms with E-state index in [9.17, 15) is 19.8 Å². The monoisotopic (exact) mass is 360 g/mol. The van der Waals surface area contributed by atoms with Crippen molar-refractivity contribution in [2.45, 2.75) is 24.5 Å². The molecule has 3 rings (SSSR count). The average molecular weight is 361 g/mol. The molecule has 0 aliphatic carbocycles. The lowest BCUT2D eigenvalue weighted by molar-refractivity contribution is -0.0549. The Labute approximate surface area is 138 Å². The fourth-order valence-corrected chi connectivity index (χ4v) is 3.47. The van der Waals surface area contributed by atoms with Gasteiger partial charge in [0.2, 0.25) is 0 Å². The number of nitrogens with zero attached hydrogens (tertiary/aromatic N) is 1. The molecule has 1 fully saturated rings. The molecule has 0 radical (unpaired) electrons. The number of hydrogen-bond acceptors (Lipinski definition) is 7. The van der Waals surface area contributed by atoms with Gasteiger partial charge >= 0.3 is 5.69 Å². The summed E-state index contributed by atoms with van der Waals surface area (Å²) in [5.74, 6) is 0. The number of thiophene rings is 1. The summed E-state index contributed by atoms with van der Waals surface area (Å²) in [7, 11) is 0. The molecule has 0 aromatic carbocycles. The van der Waals surface area contributed by atoms with Crippen LogP contribution in [-0.2, 0) is 4.74 Å². The normalized spacial score (nSPS) is 27.5. The minimum absolute atomic E-state index is 0.180. The minimum Gasteiger partial charge on any atom is -0.394 e. The molecule has 8 nitrogen and oxygen atoms in total. The molecule has 2 aromatic heterocycles. The van der Waals surface area contributed by atoms with Gasteiger partial charge in [0.1, 0.15) is 18.3 Å². The van der Waals surface area contributed by atoms with E-state index in [-0.39, 0.29) is 5.56 Å². The summed E-state index contributed by atoms with van der Waals surface area (Å²) in [5, 5.41) is 28.9. The molecular weight excluding hydrogens is 348 g/mol. The van der Waals surface area contributed by atoms with Crippen LogP contribution < -0.4 is 11.2 Å². The van der Waals surface area contributed by atoms with Crippen molar-refractivity contribution in [2.24, 2.45) is 0 Å². The molecule has 1 unspecified atom stereocenters. The van der Waals surface area contributed by atoms with E-state index in [0.717, 1.165) is 15.9 Å². The van der Waals surface area contributed by atoms with Crippen LogP contribution in [0.4, 0.5) is 0 Å². The molecule has 1 saturated heterocycles. The van der Waals surface area contributed by atoms with E-state index in [1.165, 1.54) is 6.20 Å². The highest BCUT2D eigenvalue weighted by atomic mass is 35.5. The fraction of sp³-hybridized carbons (Fsp3) is 0.385. The molecule has 0 spiro atoms. The van der Waals surface area contributed by atoms with Crippen LogP contribution in [0.5, 0.6) is 0 Å². The van der Waals surface area contributed by atoms with Crippen LogP contribution in [0.25, 0.3) is 10.4 Å². The Morgan fingerprint density at radius 1 is 1.30 bits per heavy atom. The smallest absolute Gasteiger partial charge is 0.330 e. The van der Waals surface area contributed by atoms with Crippen molar-refractivity contribution < 1.29 is 20.1 Å². The van der Waals surface area contributed by atoms with Crippen LogP contribution in [0.15, 0.2) is 27.9 Å². The number of rotatable bonds is 3. The van der Waals surface area contributed by atoms with Crippen molar-refractivity contribution in [1.82, 2.24) is 9.55 Å². The average Bonchev–Trinajstić information content (AvgIpc) is 3.05. The van der Waals surface area contributed by atoms with E-state index >= 15 is 0 Å². The lowest BCUT2D eigenvalue weighted by Crippen LogP contribution is -2.38. The SMILES string of the molecule is O=c1[nH]c(=O)n(C2O[C@H](CO)[C@@H](O)[C@@H]2O)cc1-c1ccc(Cl)s1. The molecule has 1 aliphatic rings. The number of halogens is 1. The standard InChI is InChI=1S/C13H13ClN2O6S/c14-8-2-1-7(23-8)5-3-16(13(21)15-11(5)20)12-10(19)9(18)6(4-17)22-12/h1-3,6,9-10,12,17-19H,4H2,(H,15,20,21)/t6-,9-,10+,12?/m1/s1. The topological polar surface area (TPSA) is 125 Å². The Balaban J connectivity index is 2.07. The van der Waals surface area contributed by atoms with Crippen molar-refractivity contribution in [3.05, 3.63) is 43.5 Å². The molecule has 10 heteroatoms. The van der Waals surface area contributed by atoms with Gasteiger partial charge in [0.15, 0.2) is 6.23 Å². The van der Waals surface area contributed by atoms with Crippen molar-refractivity contribution in [3.8, 4) is 10.4 Å². The number of aliphatic hydroxyl groups is 3. The predicted octanol–water partition coefficient (Wildman–Crippen LogP) is -0.470. The van der Waals surface area contributed by atoms with E-state index in [1.807, 2.05) is 0 Å². The van der Waals surface area contributed by atoms with Gasteiger partial charge in [-0.1, -0.05) is 11.6 Å². The summed E-state index contributed by atoms with van der Waals surface area (Å²) in [4.78, 5) is 26.7. The maximum atomic E-state index is 12.0.